The van der Waals surface area contributed by atoms with E-state index in [0.717, 1.165) is 18.8 Å². The average molecular weight is 297 g/mol. The van der Waals surface area contributed by atoms with Gasteiger partial charge in [0.05, 0.1) is 0 Å². The minimum atomic E-state index is 0.0849. The van der Waals surface area contributed by atoms with Crippen molar-refractivity contribution >= 4 is 23.1 Å². The highest BCUT2D eigenvalue weighted by Gasteiger charge is 2.28. The molecular weight excluding hydrogens is 276 g/mol. The Kier molecular flexibility index (Phi) is 4.40. The third-order valence-electron chi connectivity index (χ3n) is 4.04. The van der Waals surface area contributed by atoms with Crippen molar-refractivity contribution < 1.29 is 5.21 Å². The van der Waals surface area contributed by atoms with Gasteiger partial charge in [0.1, 0.15) is 0 Å². The summed E-state index contributed by atoms with van der Waals surface area (Å²) in [4.78, 5) is 4.62. The average Bonchev–Trinajstić information content (AvgIpc) is 2.43. The van der Waals surface area contributed by atoms with Crippen molar-refractivity contribution in [3.8, 4) is 0 Å². The van der Waals surface area contributed by atoms with E-state index in [1.54, 1.807) is 6.07 Å². The van der Waals surface area contributed by atoms with Crippen LogP contribution in [0.5, 0.6) is 0 Å². The molecule has 0 spiro atoms. The minimum Gasteiger partial charge on any atom is -0.409 e. The Morgan fingerprint density at radius 3 is 2.50 bits per heavy atom. The molecule has 0 radical (unpaired) electrons. The monoisotopic (exact) mass is 296 g/mol. The fourth-order valence-corrected chi connectivity index (χ4v) is 2.82. The van der Waals surface area contributed by atoms with Crippen LogP contribution >= 0.6 is 11.6 Å². The predicted molar refractivity (Wildman–Crippen MR) is 82.9 cm³/mol. The summed E-state index contributed by atoms with van der Waals surface area (Å²) in [5.74, 6) is 0.0849. The molecule has 6 heteroatoms. The molecule has 0 saturated carbocycles. The van der Waals surface area contributed by atoms with Gasteiger partial charge in [-0.3, -0.25) is 4.90 Å². The molecule has 0 aliphatic carbocycles. The SMILES string of the molecule is CC1CN(c2ccc(Cl)cc2/C(N)=N/O)CC(C)N1C. The first-order valence-electron chi connectivity index (χ1n) is 6.68. The summed E-state index contributed by atoms with van der Waals surface area (Å²) < 4.78 is 0. The Labute approximate surface area is 124 Å². The molecule has 1 aliphatic rings. The number of amidine groups is 1. The van der Waals surface area contributed by atoms with Gasteiger partial charge in [-0.2, -0.15) is 0 Å². The van der Waals surface area contributed by atoms with Crippen LogP contribution in [0.3, 0.4) is 0 Å². The van der Waals surface area contributed by atoms with Crippen LogP contribution in [0.25, 0.3) is 0 Å². The Morgan fingerprint density at radius 1 is 1.35 bits per heavy atom. The Balaban J connectivity index is 2.38. The van der Waals surface area contributed by atoms with Gasteiger partial charge in [-0.15, -0.1) is 0 Å². The lowest BCUT2D eigenvalue weighted by Crippen LogP contribution is -2.55. The molecular formula is C14H21ClN4O. The Bertz CT molecular complexity index is 508. The summed E-state index contributed by atoms with van der Waals surface area (Å²) >= 11 is 6.02. The van der Waals surface area contributed by atoms with Gasteiger partial charge >= 0.3 is 0 Å². The largest absolute Gasteiger partial charge is 0.409 e. The summed E-state index contributed by atoms with van der Waals surface area (Å²) in [6.45, 7) is 6.19. The fourth-order valence-electron chi connectivity index (χ4n) is 2.64. The molecule has 0 amide bonds. The second-order valence-electron chi connectivity index (χ2n) is 5.42. The molecule has 1 aromatic carbocycles. The first-order chi connectivity index (χ1) is 9.43. The number of rotatable bonds is 2. The molecule has 0 bridgehead atoms. The zero-order valence-corrected chi connectivity index (χ0v) is 12.8. The molecule has 1 saturated heterocycles. The van der Waals surface area contributed by atoms with Crippen molar-refractivity contribution in [1.29, 1.82) is 0 Å². The van der Waals surface area contributed by atoms with E-state index in [0.29, 0.717) is 22.7 Å². The van der Waals surface area contributed by atoms with Crippen LogP contribution in [0, 0.1) is 0 Å². The van der Waals surface area contributed by atoms with Gasteiger partial charge in [-0.25, -0.2) is 0 Å². The van der Waals surface area contributed by atoms with E-state index in [4.69, 9.17) is 22.5 Å². The van der Waals surface area contributed by atoms with Crippen molar-refractivity contribution in [3.63, 3.8) is 0 Å². The molecule has 5 nitrogen and oxygen atoms in total. The smallest absolute Gasteiger partial charge is 0.172 e. The summed E-state index contributed by atoms with van der Waals surface area (Å²) in [6.07, 6.45) is 0. The molecule has 3 N–H and O–H groups in total. The second kappa shape index (κ2) is 5.89. The maximum absolute atomic E-state index is 8.94. The normalized spacial score (nSPS) is 25.0. The van der Waals surface area contributed by atoms with Gasteiger partial charge in [0, 0.05) is 41.4 Å². The summed E-state index contributed by atoms with van der Waals surface area (Å²) in [5, 5.41) is 12.6. The highest BCUT2D eigenvalue weighted by molar-refractivity contribution is 6.31. The van der Waals surface area contributed by atoms with Crippen molar-refractivity contribution in [1.82, 2.24) is 4.90 Å². The maximum atomic E-state index is 8.94. The highest BCUT2D eigenvalue weighted by Crippen LogP contribution is 2.27. The summed E-state index contributed by atoms with van der Waals surface area (Å²) in [5.41, 5.74) is 7.40. The predicted octanol–water partition coefficient (Wildman–Crippen LogP) is 1.96. The number of piperazine rings is 1. The number of nitrogens with two attached hydrogens (primary N) is 1. The van der Waals surface area contributed by atoms with E-state index in [2.05, 4.69) is 35.9 Å². The van der Waals surface area contributed by atoms with Crippen molar-refractivity contribution in [2.75, 3.05) is 25.0 Å². The molecule has 110 valence electrons. The first kappa shape index (κ1) is 14.9. The van der Waals surface area contributed by atoms with E-state index in [-0.39, 0.29) is 5.84 Å². The van der Waals surface area contributed by atoms with Gasteiger partial charge in [-0.05, 0) is 39.1 Å². The molecule has 1 aliphatic heterocycles. The van der Waals surface area contributed by atoms with E-state index < -0.39 is 0 Å². The second-order valence-corrected chi connectivity index (χ2v) is 5.85. The lowest BCUT2D eigenvalue weighted by molar-refractivity contribution is 0.170. The zero-order valence-electron chi connectivity index (χ0n) is 12.0. The first-order valence-corrected chi connectivity index (χ1v) is 7.06. The Hall–Kier alpha value is -1.46. The molecule has 1 aromatic rings. The number of halogens is 1. The van der Waals surface area contributed by atoms with E-state index in [1.807, 2.05) is 12.1 Å². The highest BCUT2D eigenvalue weighted by atomic mass is 35.5. The Morgan fingerprint density at radius 2 is 1.95 bits per heavy atom. The van der Waals surface area contributed by atoms with Crippen LogP contribution in [0.4, 0.5) is 5.69 Å². The zero-order chi connectivity index (χ0) is 14.9. The fraction of sp³-hybridized carbons (Fsp3) is 0.500. The van der Waals surface area contributed by atoms with Crippen LogP contribution in [-0.2, 0) is 0 Å². The standard InChI is InChI=1S/C14H21ClN4O/c1-9-7-19(8-10(2)18(9)3)13-5-4-11(15)6-12(13)14(16)17-20/h4-6,9-10,20H,7-8H2,1-3H3,(H2,16,17). The molecule has 2 unspecified atom stereocenters. The number of hydrogen-bond acceptors (Lipinski definition) is 4. The number of hydrogen-bond donors (Lipinski definition) is 2. The maximum Gasteiger partial charge on any atom is 0.172 e. The van der Waals surface area contributed by atoms with Crippen LogP contribution in [-0.4, -0.2) is 48.2 Å². The quantitative estimate of drug-likeness (QED) is 0.379. The van der Waals surface area contributed by atoms with Gasteiger partial charge < -0.3 is 15.8 Å². The third kappa shape index (κ3) is 2.83. The molecule has 20 heavy (non-hydrogen) atoms. The van der Waals surface area contributed by atoms with Crippen molar-refractivity contribution in [2.24, 2.45) is 10.9 Å². The number of nitrogens with zero attached hydrogens (tertiary/aromatic N) is 3. The molecule has 1 fully saturated rings. The van der Waals surface area contributed by atoms with Crippen molar-refractivity contribution in [2.45, 2.75) is 25.9 Å². The van der Waals surface area contributed by atoms with E-state index in [9.17, 15) is 0 Å². The minimum absolute atomic E-state index is 0.0849. The number of anilines is 1. The van der Waals surface area contributed by atoms with Crippen LogP contribution in [0.1, 0.15) is 19.4 Å². The van der Waals surface area contributed by atoms with E-state index >= 15 is 0 Å². The topological polar surface area (TPSA) is 65.1 Å². The summed E-state index contributed by atoms with van der Waals surface area (Å²) in [7, 11) is 2.14. The van der Waals surface area contributed by atoms with Crippen LogP contribution in [0.2, 0.25) is 5.02 Å². The number of likely N-dealkylation sites (N-methyl/N-ethyl adjacent to an activating group) is 1. The molecule has 2 rings (SSSR count). The number of oxime groups is 1. The lowest BCUT2D eigenvalue weighted by Gasteiger charge is -2.44. The van der Waals surface area contributed by atoms with Crippen molar-refractivity contribution in [3.05, 3.63) is 28.8 Å². The third-order valence-corrected chi connectivity index (χ3v) is 4.28. The van der Waals surface area contributed by atoms with Crippen LogP contribution < -0.4 is 10.6 Å². The summed E-state index contributed by atoms with van der Waals surface area (Å²) in [6, 6.07) is 6.38. The molecule has 0 aromatic heterocycles. The van der Waals surface area contributed by atoms with Gasteiger partial charge in [0.25, 0.3) is 0 Å². The van der Waals surface area contributed by atoms with E-state index in [1.165, 1.54) is 0 Å². The van der Waals surface area contributed by atoms with Gasteiger partial charge in [-0.1, -0.05) is 16.8 Å². The number of benzene rings is 1. The molecule has 2 atom stereocenters. The lowest BCUT2D eigenvalue weighted by atomic mass is 10.1. The van der Waals surface area contributed by atoms with Gasteiger partial charge in [0.2, 0.25) is 0 Å². The van der Waals surface area contributed by atoms with Crippen LogP contribution in [0.15, 0.2) is 23.4 Å². The van der Waals surface area contributed by atoms with Gasteiger partial charge in [0.15, 0.2) is 5.84 Å². The molecule has 1 heterocycles.